The lowest BCUT2D eigenvalue weighted by Crippen LogP contribution is -2.44. The van der Waals surface area contributed by atoms with Gasteiger partial charge in [0.25, 0.3) is 0 Å². The van der Waals surface area contributed by atoms with Gasteiger partial charge in [-0.25, -0.2) is 0 Å². The second-order valence-corrected chi connectivity index (χ2v) is 6.84. The molecule has 1 saturated heterocycles. The molecule has 1 unspecified atom stereocenters. The van der Waals surface area contributed by atoms with Gasteiger partial charge in [-0.3, -0.25) is 4.79 Å². The van der Waals surface area contributed by atoms with E-state index in [-0.39, 0.29) is 5.91 Å². The molecule has 2 aromatic rings. The van der Waals surface area contributed by atoms with E-state index in [9.17, 15) is 4.79 Å². The predicted molar refractivity (Wildman–Crippen MR) is 85.4 cm³/mol. The first-order chi connectivity index (χ1) is 11.2. The molecule has 1 aliphatic heterocycles. The molecule has 1 saturated carbocycles. The number of tetrazole rings is 1. The van der Waals surface area contributed by atoms with E-state index in [1.54, 1.807) is 0 Å². The molecule has 1 aromatic carbocycles. The molecule has 0 bridgehead atoms. The number of carbonyl (C=O) groups excluding carboxylic acids is 1. The van der Waals surface area contributed by atoms with Crippen molar-refractivity contribution in [3.05, 3.63) is 30.3 Å². The van der Waals surface area contributed by atoms with E-state index in [1.165, 1.54) is 24.1 Å². The highest BCUT2D eigenvalue weighted by atomic mass is 16.2. The summed E-state index contributed by atoms with van der Waals surface area (Å²) >= 11 is 0. The number of likely N-dealkylation sites (tertiary alicyclic amines) is 1. The molecule has 2 heterocycles. The van der Waals surface area contributed by atoms with Crippen LogP contribution in [-0.2, 0) is 4.79 Å². The van der Waals surface area contributed by atoms with Crippen molar-refractivity contribution in [3.63, 3.8) is 0 Å². The van der Waals surface area contributed by atoms with Crippen LogP contribution in [0.2, 0.25) is 0 Å². The maximum absolute atomic E-state index is 12.8. The molecule has 1 amide bonds. The molecule has 1 aliphatic carbocycles. The van der Waals surface area contributed by atoms with Gasteiger partial charge in [0.2, 0.25) is 11.7 Å². The lowest BCUT2D eigenvalue weighted by Gasteiger charge is -2.34. The number of hydrogen-bond acceptors (Lipinski definition) is 4. The molecule has 2 fully saturated rings. The molecule has 1 spiro atoms. The molecular formula is C17H21N5O. The summed E-state index contributed by atoms with van der Waals surface area (Å²) in [5.74, 6) is 0.663. The average Bonchev–Trinajstić information content (AvgIpc) is 3.15. The van der Waals surface area contributed by atoms with Crippen molar-refractivity contribution < 1.29 is 4.79 Å². The Kier molecular flexibility index (Phi) is 3.39. The summed E-state index contributed by atoms with van der Waals surface area (Å²) in [5.41, 5.74) is 1.34. The molecule has 1 atom stereocenters. The zero-order chi connectivity index (χ0) is 15.9. The molecule has 0 N–H and O–H groups in total. The number of hydrogen-bond donors (Lipinski definition) is 0. The minimum Gasteiger partial charge on any atom is -0.340 e. The Bertz CT molecular complexity index is 707. The Morgan fingerprint density at radius 1 is 1.22 bits per heavy atom. The van der Waals surface area contributed by atoms with Crippen molar-refractivity contribution in [2.75, 3.05) is 13.1 Å². The first-order valence-corrected chi connectivity index (χ1v) is 8.31. The monoisotopic (exact) mass is 311 g/mol. The highest BCUT2D eigenvalue weighted by molar-refractivity contribution is 5.80. The van der Waals surface area contributed by atoms with Crippen molar-refractivity contribution in [2.45, 2.75) is 38.6 Å². The Balaban J connectivity index is 1.49. The van der Waals surface area contributed by atoms with Crippen LogP contribution in [0, 0.1) is 5.41 Å². The standard InChI is InChI=1S/C17H21N5O/c1-13(16(23)21-11-5-8-17(12-21)9-10-17)22-19-15(18-20-22)14-6-3-2-4-7-14/h2-4,6-7,13H,5,8-12H2,1H3. The lowest BCUT2D eigenvalue weighted by molar-refractivity contribution is -0.137. The topological polar surface area (TPSA) is 63.9 Å². The maximum Gasteiger partial charge on any atom is 0.249 e. The van der Waals surface area contributed by atoms with Crippen LogP contribution >= 0.6 is 0 Å². The molecule has 6 heteroatoms. The minimum absolute atomic E-state index is 0.105. The van der Waals surface area contributed by atoms with Gasteiger partial charge in [-0.1, -0.05) is 30.3 Å². The van der Waals surface area contributed by atoms with Crippen LogP contribution in [0.15, 0.2) is 30.3 Å². The fourth-order valence-electron chi connectivity index (χ4n) is 3.44. The van der Waals surface area contributed by atoms with E-state index in [2.05, 4.69) is 15.4 Å². The molecule has 6 nitrogen and oxygen atoms in total. The van der Waals surface area contributed by atoms with Gasteiger partial charge in [0.1, 0.15) is 6.04 Å². The number of piperidine rings is 1. The molecule has 1 aromatic heterocycles. The number of amides is 1. The van der Waals surface area contributed by atoms with Crippen molar-refractivity contribution in [1.29, 1.82) is 0 Å². The summed E-state index contributed by atoms with van der Waals surface area (Å²) in [7, 11) is 0. The van der Waals surface area contributed by atoms with E-state index >= 15 is 0 Å². The van der Waals surface area contributed by atoms with E-state index in [0.29, 0.717) is 11.2 Å². The Hall–Kier alpha value is -2.24. The third kappa shape index (κ3) is 2.73. The average molecular weight is 311 g/mol. The quantitative estimate of drug-likeness (QED) is 0.872. The summed E-state index contributed by atoms with van der Waals surface area (Å²) in [6.07, 6.45) is 4.92. The van der Waals surface area contributed by atoms with Gasteiger partial charge in [-0.05, 0) is 43.2 Å². The third-order valence-electron chi connectivity index (χ3n) is 5.09. The number of nitrogens with zero attached hydrogens (tertiary/aromatic N) is 5. The van der Waals surface area contributed by atoms with Crippen molar-refractivity contribution >= 4 is 5.91 Å². The van der Waals surface area contributed by atoms with Crippen LogP contribution < -0.4 is 0 Å². The normalized spacial score (nSPS) is 20.5. The van der Waals surface area contributed by atoms with Crippen LogP contribution in [0.1, 0.15) is 38.6 Å². The Labute approximate surface area is 135 Å². The molecule has 120 valence electrons. The van der Waals surface area contributed by atoms with Crippen molar-refractivity contribution in [2.24, 2.45) is 5.41 Å². The second-order valence-electron chi connectivity index (χ2n) is 6.84. The minimum atomic E-state index is -0.408. The number of carbonyl (C=O) groups is 1. The largest absolute Gasteiger partial charge is 0.340 e. The van der Waals surface area contributed by atoms with E-state index in [0.717, 1.165) is 25.1 Å². The predicted octanol–water partition coefficient (Wildman–Crippen LogP) is 2.30. The van der Waals surface area contributed by atoms with Crippen molar-refractivity contribution in [1.82, 2.24) is 25.1 Å². The van der Waals surface area contributed by atoms with Crippen LogP contribution in [0.5, 0.6) is 0 Å². The zero-order valence-electron chi connectivity index (χ0n) is 13.4. The van der Waals surface area contributed by atoms with Crippen LogP contribution in [-0.4, -0.2) is 44.1 Å². The number of rotatable bonds is 3. The highest BCUT2D eigenvalue weighted by Crippen LogP contribution is 2.52. The Morgan fingerprint density at radius 2 is 2.00 bits per heavy atom. The summed E-state index contributed by atoms with van der Waals surface area (Å²) in [4.78, 5) is 16.2. The van der Waals surface area contributed by atoms with Gasteiger partial charge in [0.15, 0.2) is 0 Å². The van der Waals surface area contributed by atoms with Crippen LogP contribution in [0.4, 0.5) is 0 Å². The van der Waals surface area contributed by atoms with Gasteiger partial charge in [0, 0.05) is 18.7 Å². The first kappa shape index (κ1) is 14.4. The fraction of sp³-hybridized carbons (Fsp3) is 0.529. The third-order valence-corrected chi connectivity index (χ3v) is 5.09. The summed E-state index contributed by atoms with van der Waals surface area (Å²) in [5, 5.41) is 12.6. The van der Waals surface area contributed by atoms with E-state index in [4.69, 9.17) is 0 Å². The van der Waals surface area contributed by atoms with Crippen LogP contribution in [0.3, 0.4) is 0 Å². The van der Waals surface area contributed by atoms with Gasteiger partial charge in [0.05, 0.1) is 0 Å². The van der Waals surface area contributed by atoms with Crippen molar-refractivity contribution in [3.8, 4) is 11.4 Å². The SMILES string of the molecule is CC(C(=O)N1CCCC2(CC2)C1)n1nnc(-c2ccccc2)n1. The summed E-state index contributed by atoms with van der Waals surface area (Å²) in [6.45, 7) is 3.61. The molecule has 0 radical (unpaired) electrons. The smallest absolute Gasteiger partial charge is 0.249 e. The first-order valence-electron chi connectivity index (χ1n) is 8.31. The lowest BCUT2D eigenvalue weighted by atomic mass is 9.95. The number of benzene rings is 1. The van der Waals surface area contributed by atoms with E-state index in [1.807, 2.05) is 42.2 Å². The number of aromatic nitrogens is 4. The molecular weight excluding hydrogens is 290 g/mol. The van der Waals surface area contributed by atoms with Gasteiger partial charge in [-0.2, -0.15) is 4.80 Å². The zero-order valence-corrected chi connectivity index (χ0v) is 13.4. The molecule has 23 heavy (non-hydrogen) atoms. The molecule has 4 rings (SSSR count). The fourth-order valence-corrected chi connectivity index (χ4v) is 3.44. The maximum atomic E-state index is 12.8. The highest BCUT2D eigenvalue weighted by Gasteiger charge is 2.46. The molecule has 2 aliphatic rings. The van der Waals surface area contributed by atoms with Gasteiger partial charge >= 0.3 is 0 Å². The summed E-state index contributed by atoms with van der Waals surface area (Å²) in [6, 6.07) is 9.30. The van der Waals surface area contributed by atoms with Gasteiger partial charge < -0.3 is 4.90 Å². The second kappa shape index (κ2) is 5.44. The van der Waals surface area contributed by atoms with Gasteiger partial charge in [-0.15, -0.1) is 10.2 Å². The van der Waals surface area contributed by atoms with E-state index < -0.39 is 6.04 Å². The Morgan fingerprint density at radius 3 is 2.74 bits per heavy atom. The van der Waals surface area contributed by atoms with Crippen LogP contribution in [0.25, 0.3) is 11.4 Å². The summed E-state index contributed by atoms with van der Waals surface area (Å²) < 4.78 is 0.